The maximum atomic E-state index is 11.6. The normalized spacial score (nSPS) is 11.5. The first kappa shape index (κ1) is 15.8. The second kappa shape index (κ2) is 7.34. The SMILES string of the molecule is COC(=O)/C(=N\OC(C)=O)c1csc(N=CN(C)C)n1. The number of oxime groups is 1. The van der Waals surface area contributed by atoms with Gasteiger partial charge in [-0.2, -0.15) is 0 Å². The molecule has 0 N–H and O–H groups in total. The average Bonchev–Trinajstić information content (AvgIpc) is 2.84. The Morgan fingerprint density at radius 3 is 2.70 bits per heavy atom. The molecule has 0 saturated carbocycles. The third-order valence-electron chi connectivity index (χ3n) is 1.78. The zero-order valence-electron chi connectivity index (χ0n) is 11.5. The van der Waals surface area contributed by atoms with Crippen molar-refractivity contribution < 1.29 is 19.2 Å². The molecule has 0 saturated heterocycles. The summed E-state index contributed by atoms with van der Waals surface area (Å²) in [4.78, 5) is 36.7. The van der Waals surface area contributed by atoms with Crippen LogP contribution in [0, 0.1) is 0 Å². The van der Waals surface area contributed by atoms with Crippen molar-refractivity contribution in [3.8, 4) is 0 Å². The van der Waals surface area contributed by atoms with E-state index in [1.807, 2.05) is 14.1 Å². The van der Waals surface area contributed by atoms with Gasteiger partial charge in [-0.3, -0.25) is 0 Å². The second-order valence-corrected chi connectivity index (χ2v) is 4.57. The van der Waals surface area contributed by atoms with E-state index in [2.05, 4.69) is 24.7 Å². The summed E-state index contributed by atoms with van der Waals surface area (Å²) in [6, 6.07) is 0. The van der Waals surface area contributed by atoms with Gasteiger partial charge in [0.15, 0.2) is 0 Å². The zero-order valence-corrected chi connectivity index (χ0v) is 12.3. The smallest absolute Gasteiger partial charge is 0.362 e. The maximum Gasteiger partial charge on any atom is 0.362 e. The molecule has 1 aromatic rings. The Morgan fingerprint density at radius 1 is 1.45 bits per heavy atom. The summed E-state index contributed by atoms with van der Waals surface area (Å²) in [6.07, 6.45) is 1.57. The minimum atomic E-state index is -0.750. The van der Waals surface area contributed by atoms with E-state index in [4.69, 9.17) is 0 Å². The summed E-state index contributed by atoms with van der Waals surface area (Å²) >= 11 is 1.22. The van der Waals surface area contributed by atoms with Gasteiger partial charge in [0, 0.05) is 26.4 Å². The largest absolute Gasteiger partial charge is 0.464 e. The molecule has 1 heterocycles. The number of carbonyl (C=O) groups excluding carboxylic acids is 2. The van der Waals surface area contributed by atoms with Crippen LogP contribution in [0.1, 0.15) is 12.6 Å². The van der Waals surface area contributed by atoms with Gasteiger partial charge in [-0.15, -0.1) is 11.3 Å². The number of rotatable bonds is 5. The van der Waals surface area contributed by atoms with Crippen LogP contribution in [0.2, 0.25) is 0 Å². The molecule has 20 heavy (non-hydrogen) atoms. The number of carbonyl (C=O) groups is 2. The Morgan fingerprint density at radius 2 is 2.15 bits per heavy atom. The van der Waals surface area contributed by atoms with Crippen LogP contribution < -0.4 is 0 Å². The molecule has 0 atom stereocenters. The summed E-state index contributed by atoms with van der Waals surface area (Å²) in [5.74, 6) is -1.40. The fourth-order valence-electron chi connectivity index (χ4n) is 0.992. The van der Waals surface area contributed by atoms with Crippen LogP contribution in [0.4, 0.5) is 5.13 Å². The summed E-state index contributed by atoms with van der Waals surface area (Å²) < 4.78 is 4.56. The van der Waals surface area contributed by atoms with E-state index in [0.29, 0.717) is 5.13 Å². The monoisotopic (exact) mass is 298 g/mol. The van der Waals surface area contributed by atoms with E-state index in [9.17, 15) is 9.59 Å². The lowest BCUT2D eigenvalue weighted by atomic mass is 10.3. The third kappa shape index (κ3) is 4.76. The van der Waals surface area contributed by atoms with Gasteiger partial charge in [-0.25, -0.2) is 19.6 Å². The zero-order chi connectivity index (χ0) is 15.1. The van der Waals surface area contributed by atoms with Crippen molar-refractivity contribution >= 4 is 40.5 Å². The number of methoxy groups -OCH3 is 1. The Kier molecular flexibility index (Phi) is 5.78. The van der Waals surface area contributed by atoms with E-state index in [1.165, 1.54) is 25.4 Å². The van der Waals surface area contributed by atoms with Crippen LogP contribution in [0.25, 0.3) is 0 Å². The molecule has 8 nitrogen and oxygen atoms in total. The summed E-state index contributed by atoms with van der Waals surface area (Å²) in [6.45, 7) is 1.17. The number of aliphatic imine (C=N–C) groups is 1. The Hall–Kier alpha value is -2.29. The topological polar surface area (TPSA) is 93.5 Å². The summed E-state index contributed by atoms with van der Waals surface area (Å²) in [5.41, 5.74) is 0.0410. The lowest BCUT2D eigenvalue weighted by Gasteiger charge is -2.00. The van der Waals surface area contributed by atoms with Crippen LogP contribution in [0.5, 0.6) is 0 Å². The number of esters is 1. The predicted octanol–water partition coefficient (Wildman–Crippen LogP) is 0.805. The highest BCUT2D eigenvalue weighted by molar-refractivity contribution is 7.13. The molecule has 1 rings (SSSR count). The van der Waals surface area contributed by atoms with Crippen LogP contribution >= 0.6 is 11.3 Å². The van der Waals surface area contributed by atoms with E-state index in [0.717, 1.165) is 0 Å². The highest BCUT2D eigenvalue weighted by Gasteiger charge is 2.19. The van der Waals surface area contributed by atoms with Crippen LogP contribution in [0.15, 0.2) is 15.5 Å². The van der Waals surface area contributed by atoms with Gasteiger partial charge in [0.05, 0.1) is 13.4 Å². The van der Waals surface area contributed by atoms with Crippen molar-refractivity contribution in [3.63, 3.8) is 0 Å². The van der Waals surface area contributed by atoms with Gasteiger partial charge in [-0.1, -0.05) is 5.16 Å². The van der Waals surface area contributed by atoms with Gasteiger partial charge in [-0.05, 0) is 0 Å². The molecule has 0 bridgehead atoms. The Labute approximate surface area is 119 Å². The molecule has 0 spiro atoms. The highest BCUT2D eigenvalue weighted by Crippen LogP contribution is 2.19. The fourth-order valence-corrected chi connectivity index (χ4v) is 1.63. The van der Waals surface area contributed by atoms with Gasteiger partial charge in [0.2, 0.25) is 10.8 Å². The van der Waals surface area contributed by atoms with Crippen molar-refractivity contribution in [1.82, 2.24) is 9.88 Å². The van der Waals surface area contributed by atoms with E-state index >= 15 is 0 Å². The molecule has 0 aromatic carbocycles. The van der Waals surface area contributed by atoms with Gasteiger partial charge < -0.3 is 14.5 Å². The molecule has 0 aliphatic rings. The molecular formula is C11H14N4O4S. The van der Waals surface area contributed by atoms with Crippen molar-refractivity contribution in [1.29, 1.82) is 0 Å². The first-order chi connectivity index (χ1) is 9.43. The van der Waals surface area contributed by atoms with Gasteiger partial charge >= 0.3 is 11.9 Å². The summed E-state index contributed by atoms with van der Waals surface area (Å²) in [7, 11) is 4.84. The van der Waals surface area contributed by atoms with Crippen molar-refractivity contribution in [2.75, 3.05) is 21.2 Å². The number of aromatic nitrogens is 1. The minimum Gasteiger partial charge on any atom is -0.464 e. The fraction of sp³-hybridized carbons (Fsp3) is 0.364. The molecule has 0 amide bonds. The predicted molar refractivity (Wildman–Crippen MR) is 74.3 cm³/mol. The highest BCUT2D eigenvalue weighted by atomic mass is 32.1. The average molecular weight is 298 g/mol. The van der Waals surface area contributed by atoms with Crippen LogP contribution in [0.3, 0.4) is 0 Å². The van der Waals surface area contributed by atoms with E-state index in [1.54, 1.807) is 16.6 Å². The van der Waals surface area contributed by atoms with Gasteiger partial charge in [0.25, 0.3) is 0 Å². The molecular weight excluding hydrogens is 284 g/mol. The molecule has 9 heteroatoms. The first-order valence-corrected chi connectivity index (χ1v) is 6.32. The van der Waals surface area contributed by atoms with Crippen molar-refractivity contribution in [2.24, 2.45) is 10.1 Å². The Bertz CT molecular complexity index is 550. The van der Waals surface area contributed by atoms with Crippen molar-refractivity contribution in [3.05, 3.63) is 11.1 Å². The lowest BCUT2D eigenvalue weighted by Crippen LogP contribution is -2.18. The van der Waals surface area contributed by atoms with Crippen molar-refractivity contribution in [2.45, 2.75) is 6.92 Å². The first-order valence-electron chi connectivity index (χ1n) is 5.44. The lowest BCUT2D eigenvalue weighted by molar-refractivity contribution is -0.141. The minimum absolute atomic E-state index is 0.190. The molecule has 0 aliphatic carbocycles. The van der Waals surface area contributed by atoms with Gasteiger partial charge in [0.1, 0.15) is 5.69 Å². The maximum absolute atomic E-state index is 11.6. The third-order valence-corrected chi connectivity index (χ3v) is 2.53. The summed E-state index contributed by atoms with van der Waals surface area (Å²) in [5, 5.41) is 5.46. The number of ether oxygens (including phenoxy) is 1. The quantitative estimate of drug-likeness (QED) is 0.262. The second-order valence-electron chi connectivity index (χ2n) is 3.74. The van der Waals surface area contributed by atoms with Crippen LogP contribution in [-0.2, 0) is 19.2 Å². The number of thiazole rings is 1. The van der Waals surface area contributed by atoms with Crippen LogP contribution in [-0.4, -0.2) is 55.1 Å². The number of hydrogen-bond donors (Lipinski definition) is 0. The number of hydrogen-bond acceptors (Lipinski definition) is 8. The van der Waals surface area contributed by atoms with E-state index < -0.39 is 11.9 Å². The molecule has 108 valence electrons. The molecule has 0 aliphatic heterocycles. The molecule has 1 aromatic heterocycles. The van der Waals surface area contributed by atoms with E-state index in [-0.39, 0.29) is 11.4 Å². The Balaban J connectivity index is 3.00. The standard InChI is InChI=1S/C11H14N4O4S/c1-7(16)19-14-9(10(17)18-4)8-5-20-11(13-8)12-6-15(2)3/h5-6H,1-4H3/b12-6?,14-9-. The molecule has 0 radical (unpaired) electrons. The number of nitrogens with zero attached hydrogens (tertiary/aromatic N) is 4. The molecule has 0 unspecified atom stereocenters. The molecule has 0 fully saturated rings.